The van der Waals surface area contributed by atoms with Crippen LogP contribution in [0.4, 0.5) is 5.82 Å². The van der Waals surface area contributed by atoms with Crippen molar-refractivity contribution in [3.8, 4) is 11.3 Å². The maximum Gasteiger partial charge on any atom is 0.253 e. The summed E-state index contributed by atoms with van der Waals surface area (Å²) < 4.78 is 0. The van der Waals surface area contributed by atoms with Crippen LogP contribution in [0.1, 0.15) is 16.8 Å². The molecule has 1 aliphatic heterocycles. The highest BCUT2D eigenvalue weighted by Crippen LogP contribution is 2.19. The number of nitrogens with two attached hydrogens (primary N) is 1. The summed E-state index contributed by atoms with van der Waals surface area (Å²) in [5.41, 5.74) is 7.89. The van der Waals surface area contributed by atoms with Crippen molar-refractivity contribution in [1.29, 1.82) is 0 Å². The second-order valence-corrected chi connectivity index (χ2v) is 5.86. The van der Waals surface area contributed by atoms with Gasteiger partial charge in [-0.2, -0.15) is 0 Å². The third-order valence-electron chi connectivity index (χ3n) is 4.07. The van der Waals surface area contributed by atoms with Crippen molar-refractivity contribution >= 4 is 11.7 Å². The van der Waals surface area contributed by atoms with Gasteiger partial charge in [-0.3, -0.25) is 9.78 Å². The third kappa shape index (κ3) is 3.65. The Labute approximate surface area is 135 Å². The lowest BCUT2D eigenvalue weighted by atomic mass is 10.1. The van der Waals surface area contributed by atoms with Crippen LogP contribution in [0.25, 0.3) is 11.3 Å². The van der Waals surface area contributed by atoms with Gasteiger partial charge in [0, 0.05) is 30.8 Å². The number of nitrogens with zero attached hydrogens (tertiary/aromatic N) is 4. The topological polar surface area (TPSA) is 75.3 Å². The fourth-order valence-corrected chi connectivity index (χ4v) is 2.76. The Balaban J connectivity index is 1.83. The summed E-state index contributed by atoms with van der Waals surface area (Å²) in [5, 5.41) is 0. The number of benzene rings is 1. The third-order valence-corrected chi connectivity index (χ3v) is 4.07. The van der Waals surface area contributed by atoms with Crippen LogP contribution in [0.3, 0.4) is 0 Å². The lowest BCUT2D eigenvalue weighted by molar-refractivity contribution is 0.0763. The fourth-order valence-electron chi connectivity index (χ4n) is 2.76. The summed E-state index contributed by atoms with van der Waals surface area (Å²) in [7, 11) is 2.09. The Morgan fingerprint density at radius 3 is 2.87 bits per heavy atom. The van der Waals surface area contributed by atoms with Gasteiger partial charge < -0.3 is 15.5 Å². The molecule has 2 aromatic rings. The van der Waals surface area contributed by atoms with E-state index in [1.54, 1.807) is 6.20 Å². The predicted octanol–water partition coefficient (Wildman–Crippen LogP) is 1.50. The molecule has 3 rings (SSSR count). The number of hydrogen-bond donors (Lipinski definition) is 1. The number of aromatic nitrogens is 2. The summed E-state index contributed by atoms with van der Waals surface area (Å²) in [6.45, 7) is 3.50. The van der Waals surface area contributed by atoms with Gasteiger partial charge in [0.25, 0.3) is 5.91 Å². The first-order valence-electron chi connectivity index (χ1n) is 7.79. The molecule has 2 heterocycles. The number of likely N-dealkylation sites (N-methyl/N-ethyl adjacent to an activating group) is 1. The number of carbonyl (C=O) groups is 1. The maximum atomic E-state index is 12.8. The summed E-state index contributed by atoms with van der Waals surface area (Å²) in [6.07, 6.45) is 4.16. The van der Waals surface area contributed by atoms with Gasteiger partial charge in [0.1, 0.15) is 5.82 Å². The molecule has 0 saturated carbocycles. The number of amides is 1. The Kier molecular flexibility index (Phi) is 4.52. The van der Waals surface area contributed by atoms with Gasteiger partial charge in [0.15, 0.2) is 0 Å². The zero-order valence-electron chi connectivity index (χ0n) is 13.3. The largest absolute Gasteiger partial charge is 0.382 e. The van der Waals surface area contributed by atoms with Gasteiger partial charge in [-0.05, 0) is 32.1 Å². The Morgan fingerprint density at radius 1 is 1.17 bits per heavy atom. The van der Waals surface area contributed by atoms with E-state index in [0.717, 1.165) is 38.2 Å². The molecular weight excluding hydrogens is 290 g/mol. The molecule has 1 aromatic carbocycles. The molecule has 0 bridgehead atoms. The highest BCUT2D eigenvalue weighted by molar-refractivity contribution is 5.95. The molecule has 0 atom stereocenters. The number of carbonyl (C=O) groups excluding carboxylic acids is 1. The van der Waals surface area contributed by atoms with Crippen molar-refractivity contribution in [3.05, 3.63) is 42.2 Å². The Hall–Kier alpha value is -2.47. The molecule has 2 N–H and O–H groups in total. The summed E-state index contributed by atoms with van der Waals surface area (Å²) in [4.78, 5) is 25.3. The molecule has 0 aliphatic carbocycles. The van der Waals surface area contributed by atoms with Crippen molar-refractivity contribution < 1.29 is 4.79 Å². The van der Waals surface area contributed by atoms with Gasteiger partial charge in [0.05, 0.1) is 18.1 Å². The quantitative estimate of drug-likeness (QED) is 0.910. The molecule has 0 spiro atoms. The van der Waals surface area contributed by atoms with Crippen LogP contribution < -0.4 is 5.73 Å². The zero-order chi connectivity index (χ0) is 16.2. The van der Waals surface area contributed by atoms with E-state index in [2.05, 4.69) is 21.9 Å². The predicted molar refractivity (Wildman–Crippen MR) is 89.9 cm³/mol. The van der Waals surface area contributed by atoms with Crippen LogP contribution in [-0.4, -0.2) is 58.9 Å². The van der Waals surface area contributed by atoms with E-state index < -0.39 is 0 Å². The van der Waals surface area contributed by atoms with Crippen LogP contribution in [0.5, 0.6) is 0 Å². The summed E-state index contributed by atoms with van der Waals surface area (Å²) in [5.74, 6) is 0.439. The van der Waals surface area contributed by atoms with Crippen LogP contribution in [0.2, 0.25) is 0 Å². The molecule has 23 heavy (non-hydrogen) atoms. The lowest BCUT2D eigenvalue weighted by Crippen LogP contribution is -2.34. The van der Waals surface area contributed by atoms with Crippen molar-refractivity contribution in [2.45, 2.75) is 6.42 Å². The number of nitrogen functional groups attached to an aromatic ring is 1. The molecule has 1 aliphatic rings. The minimum absolute atomic E-state index is 0.0685. The minimum atomic E-state index is 0.0685. The second-order valence-electron chi connectivity index (χ2n) is 5.86. The van der Waals surface area contributed by atoms with Gasteiger partial charge in [-0.25, -0.2) is 4.98 Å². The van der Waals surface area contributed by atoms with E-state index in [1.807, 2.05) is 29.2 Å². The van der Waals surface area contributed by atoms with Crippen molar-refractivity contribution in [1.82, 2.24) is 19.8 Å². The molecule has 1 amide bonds. The van der Waals surface area contributed by atoms with Crippen molar-refractivity contribution in [2.24, 2.45) is 0 Å². The van der Waals surface area contributed by atoms with Gasteiger partial charge in [0.2, 0.25) is 0 Å². The van der Waals surface area contributed by atoms with E-state index >= 15 is 0 Å². The summed E-state index contributed by atoms with van der Waals surface area (Å²) >= 11 is 0. The lowest BCUT2D eigenvalue weighted by Gasteiger charge is -2.20. The van der Waals surface area contributed by atoms with Gasteiger partial charge >= 0.3 is 0 Å². The smallest absolute Gasteiger partial charge is 0.253 e. The normalized spacial score (nSPS) is 16.1. The van der Waals surface area contributed by atoms with E-state index in [9.17, 15) is 4.79 Å². The van der Waals surface area contributed by atoms with E-state index in [1.165, 1.54) is 6.20 Å². The molecule has 1 aromatic heterocycles. The van der Waals surface area contributed by atoms with E-state index in [-0.39, 0.29) is 5.91 Å². The monoisotopic (exact) mass is 311 g/mol. The minimum Gasteiger partial charge on any atom is -0.382 e. The molecular formula is C17H21N5O. The van der Waals surface area contributed by atoms with Crippen molar-refractivity contribution in [2.75, 3.05) is 39.0 Å². The fraction of sp³-hybridized carbons (Fsp3) is 0.353. The second kappa shape index (κ2) is 6.75. The highest BCUT2D eigenvalue weighted by Gasteiger charge is 2.19. The first kappa shape index (κ1) is 15.4. The highest BCUT2D eigenvalue weighted by atomic mass is 16.2. The molecule has 0 unspecified atom stereocenters. The van der Waals surface area contributed by atoms with Gasteiger partial charge in [-0.15, -0.1) is 0 Å². The zero-order valence-corrected chi connectivity index (χ0v) is 13.3. The van der Waals surface area contributed by atoms with Crippen LogP contribution in [-0.2, 0) is 0 Å². The van der Waals surface area contributed by atoms with Crippen LogP contribution in [0.15, 0.2) is 36.7 Å². The molecule has 0 radical (unpaired) electrons. The Morgan fingerprint density at radius 2 is 2.04 bits per heavy atom. The van der Waals surface area contributed by atoms with Gasteiger partial charge in [-0.1, -0.05) is 12.1 Å². The van der Waals surface area contributed by atoms with E-state index in [4.69, 9.17) is 5.73 Å². The first-order valence-corrected chi connectivity index (χ1v) is 7.79. The van der Waals surface area contributed by atoms with Crippen molar-refractivity contribution in [3.63, 3.8) is 0 Å². The molecule has 6 heteroatoms. The number of anilines is 1. The SMILES string of the molecule is CN1CCCN(C(=O)c2cccc(-c3cncc(N)n3)c2)CC1. The Bertz CT molecular complexity index is 703. The average Bonchev–Trinajstić information content (AvgIpc) is 2.79. The maximum absolute atomic E-state index is 12.8. The number of rotatable bonds is 2. The molecule has 120 valence electrons. The average molecular weight is 311 g/mol. The summed E-state index contributed by atoms with van der Waals surface area (Å²) in [6, 6.07) is 7.49. The molecule has 1 fully saturated rings. The van der Waals surface area contributed by atoms with Crippen LogP contribution in [0, 0.1) is 0 Å². The van der Waals surface area contributed by atoms with Crippen LogP contribution >= 0.6 is 0 Å². The molecule has 1 saturated heterocycles. The standard InChI is InChI=1S/C17H21N5O/c1-21-6-3-7-22(9-8-21)17(23)14-5-2-4-13(10-14)15-11-19-12-16(18)20-15/h2,4-5,10-12H,3,6-9H2,1H3,(H2,18,20). The number of hydrogen-bond acceptors (Lipinski definition) is 5. The molecule has 6 nitrogen and oxygen atoms in total. The van der Waals surface area contributed by atoms with E-state index in [0.29, 0.717) is 17.1 Å². The first-order chi connectivity index (χ1) is 11.1.